The maximum absolute atomic E-state index is 5.88. The summed E-state index contributed by atoms with van der Waals surface area (Å²) in [6, 6.07) is 6.03. The first-order valence-electron chi connectivity index (χ1n) is 4.54. The van der Waals surface area contributed by atoms with Gasteiger partial charge in [-0.2, -0.15) is 0 Å². The number of hydroxylamine groups is 1. The Morgan fingerprint density at radius 1 is 1.46 bits per heavy atom. The number of anilines is 2. The van der Waals surface area contributed by atoms with Crippen LogP contribution in [0.15, 0.2) is 18.2 Å². The van der Waals surface area contributed by atoms with Crippen LogP contribution in [0, 0.1) is 6.92 Å². The van der Waals surface area contributed by atoms with Gasteiger partial charge in [0.2, 0.25) is 0 Å². The summed E-state index contributed by atoms with van der Waals surface area (Å²) in [6.07, 6.45) is 1.08. The van der Waals surface area contributed by atoms with Gasteiger partial charge in [-0.05, 0) is 31.0 Å². The van der Waals surface area contributed by atoms with Gasteiger partial charge in [0, 0.05) is 6.54 Å². The zero-order valence-electron chi connectivity index (χ0n) is 7.79. The van der Waals surface area contributed by atoms with Crippen molar-refractivity contribution in [3.05, 3.63) is 23.8 Å². The van der Waals surface area contributed by atoms with Crippen molar-refractivity contribution in [3.8, 4) is 0 Å². The van der Waals surface area contributed by atoms with E-state index in [1.54, 1.807) is 0 Å². The van der Waals surface area contributed by atoms with Crippen molar-refractivity contribution < 1.29 is 4.84 Å². The van der Waals surface area contributed by atoms with E-state index >= 15 is 0 Å². The number of aryl methyl sites for hydroxylation is 1. The zero-order valence-corrected chi connectivity index (χ0v) is 7.79. The fraction of sp³-hybridized carbons (Fsp3) is 0.400. The highest BCUT2D eigenvalue weighted by atomic mass is 16.7. The maximum atomic E-state index is 5.88. The topological polar surface area (TPSA) is 38.5 Å². The molecule has 0 unspecified atom stereocenters. The lowest BCUT2D eigenvalue weighted by molar-refractivity contribution is 0.168. The van der Waals surface area contributed by atoms with Crippen LogP contribution in [0.1, 0.15) is 12.0 Å². The van der Waals surface area contributed by atoms with E-state index in [2.05, 4.69) is 0 Å². The number of nitrogens with two attached hydrogens (primary N) is 1. The molecule has 1 aromatic rings. The zero-order chi connectivity index (χ0) is 9.26. The van der Waals surface area contributed by atoms with Crippen LogP contribution in [-0.4, -0.2) is 13.2 Å². The number of nitrogen functional groups attached to an aromatic ring is 1. The second-order valence-electron chi connectivity index (χ2n) is 3.35. The molecule has 0 radical (unpaired) electrons. The quantitative estimate of drug-likeness (QED) is 0.665. The van der Waals surface area contributed by atoms with Crippen LogP contribution >= 0.6 is 0 Å². The molecule has 2 N–H and O–H groups in total. The van der Waals surface area contributed by atoms with E-state index in [-0.39, 0.29) is 0 Å². The predicted molar refractivity (Wildman–Crippen MR) is 53.5 cm³/mol. The minimum atomic E-state index is 0.793. The smallest absolute Gasteiger partial charge is 0.0866 e. The molecule has 1 heterocycles. The van der Waals surface area contributed by atoms with Gasteiger partial charge in [0.05, 0.1) is 18.0 Å². The van der Waals surface area contributed by atoms with Crippen LogP contribution in [0.2, 0.25) is 0 Å². The molecular formula is C10H14N2O. The molecule has 13 heavy (non-hydrogen) atoms. The normalized spacial score (nSPS) is 16.5. The Balaban J connectivity index is 2.29. The molecule has 2 rings (SSSR count). The third kappa shape index (κ3) is 1.60. The van der Waals surface area contributed by atoms with Gasteiger partial charge in [-0.15, -0.1) is 0 Å². The minimum absolute atomic E-state index is 0.793. The van der Waals surface area contributed by atoms with Crippen LogP contribution in [0.3, 0.4) is 0 Å². The summed E-state index contributed by atoms with van der Waals surface area (Å²) in [4.78, 5) is 5.41. The Kier molecular flexibility index (Phi) is 2.10. The van der Waals surface area contributed by atoms with Gasteiger partial charge in [-0.3, -0.25) is 9.90 Å². The van der Waals surface area contributed by atoms with Crippen molar-refractivity contribution in [2.24, 2.45) is 0 Å². The molecule has 1 fully saturated rings. The van der Waals surface area contributed by atoms with Crippen LogP contribution in [0.5, 0.6) is 0 Å². The van der Waals surface area contributed by atoms with E-state index in [1.807, 2.05) is 30.2 Å². The van der Waals surface area contributed by atoms with Crippen LogP contribution in [0.4, 0.5) is 11.4 Å². The van der Waals surface area contributed by atoms with E-state index in [0.29, 0.717) is 0 Å². The van der Waals surface area contributed by atoms with E-state index in [1.165, 1.54) is 5.56 Å². The second-order valence-corrected chi connectivity index (χ2v) is 3.35. The predicted octanol–water partition coefficient (Wildman–Crippen LogP) is 1.72. The van der Waals surface area contributed by atoms with Crippen molar-refractivity contribution in [2.45, 2.75) is 13.3 Å². The highest BCUT2D eigenvalue weighted by Crippen LogP contribution is 2.26. The molecule has 1 aliphatic rings. The summed E-state index contributed by atoms with van der Waals surface area (Å²) in [5.41, 5.74) is 8.84. The molecule has 1 aliphatic heterocycles. The molecule has 0 amide bonds. The average Bonchev–Trinajstić information content (AvgIpc) is 2.56. The number of hydrogen-bond acceptors (Lipinski definition) is 3. The van der Waals surface area contributed by atoms with E-state index in [9.17, 15) is 0 Å². The molecule has 0 atom stereocenters. The Bertz CT molecular complexity index is 306. The van der Waals surface area contributed by atoms with Crippen LogP contribution in [-0.2, 0) is 4.84 Å². The summed E-state index contributed by atoms with van der Waals surface area (Å²) in [5.74, 6) is 0. The first-order valence-corrected chi connectivity index (χ1v) is 4.54. The largest absolute Gasteiger partial charge is 0.397 e. The van der Waals surface area contributed by atoms with Gasteiger partial charge in [0.15, 0.2) is 0 Å². The van der Waals surface area contributed by atoms with Crippen molar-refractivity contribution in [1.82, 2.24) is 0 Å². The molecule has 0 saturated carbocycles. The van der Waals surface area contributed by atoms with Crippen molar-refractivity contribution in [2.75, 3.05) is 23.9 Å². The lowest BCUT2D eigenvalue weighted by atomic mass is 10.2. The van der Waals surface area contributed by atoms with E-state index in [0.717, 1.165) is 30.9 Å². The fourth-order valence-corrected chi connectivity index (χ4v) is 1.54. The van der Waals surface area contributed by atoms with Crippen LogP contribution in [0.25, 0.3) is 0 Å². The average molecular weight is 178 g/mol. The van der Waals surface area contributed by atoms with Gasteiger partial charge in [-0.1, -0.05) is 6.07 Å². The maximum Gasteiger partial charge on any atom is 0.0866 e. The summed E-state index contributed by atoms with van der Waals surface area (Å²) >= 11 is 0. The molecule has 3 heteroatoms. The molecule has 0 aromatic heterocycles. The van der Waals surface area contributed by atoms with Crippen molar-refractivity contribution in [3.63, 3.8) is 0 Å². The highest BCUT2D eigenvalue weighted by molar-refractivity contribution is 5.67. The van der Waals surface area contributed by atoms with E-state index in [4.69, 9.17) is 10.6 Å². The summed E-state index contributed by atoms with van der Waals surface area (Å²) in [6.45, 7) is 3.77. The molecule has 0 aliphatic carbocycles. The number of hydrogen-bond donors (Lipinski definition) is 1. The molecule has 3 nitrogen and oxygen atoms in total. The Morgan fingerprint density at radius 3 is 2.92 bits per heavy atom. The molecular weight excluding hydrogens is 164 g/mol. The van der Waals surface area contributed by atoms with Gasteiger partial charge < -0.3 is 5.73 Å². The van der Waals surface area contributed by atoms with Crippen molar-refractivity contribution in [1.29, 1.82) is 0 Å². The Hall–Kier alpha value is -1.22. The molecule has 1 saturated heterocycles. The van der Waals surface area contributed by atoms with Gasteiger partial charge in [0.1, 0.15) is 0 Å². The Labute approximate surface area is 78.1 Å². The lowest BCUT2D eigenvalue weighted by Gasteiger charge is -2.18. The third-order valence-electron chi connectivity index (χ3n) is 2.20. The minimum Gasteiger partial charge on any atom is -0.397 e. The van der Waals surface area contributed by atoms with Crippen LogP contribution < -0.4 is 10.8 Å². The fourth-order valence-electron chi connectivity index (χ4n) is 1.54. The summed E-state index contributed by atoms with van der Waals surface area (Å²) < 4.78 is 0. The first-order chi connectivity index (χ1) is 6.27. The van der Waals surface area contributed by atoms with Gasteiger partial charge in [-0.25, -0.2) is 0 Å². The third-order valence-corrected chi connectivity index (χ3v) is 2.20. The Morgan fingerprint density at radius 2 is 2.31 bits per heavy atom. The molecule has 0 spiro atoms. The monoisotopic (exact) mass is 178 g/mol. The highest BCUT2D eigenvalue weighted by Gasteiger charge is 2.15. The van der Waals surface area contributed by atoms with Gasteiger partial charge in [0.25, 0.3) is 0 Å². The standard InChI is InChI=1S/C10H14N2O/c1-8-3-4-10(9(11)7-8)12-5-2-6-13-12/h3-4,7H,2,5-6,11H2,1H3. The SMILES string of the molecule is Cc1ccc(N2CCCO2)c(N)c1. The van der Waals surface area contributed by atoms with E-state index < -0.39 is 0 Å². The molecule has 1 aromatic carbocycles. The molecule has 0 bridgehead atoms. The lowest BCUT2D eigenvalue weighted by Crippen LogP contribution is -2.17. The summed E-state index contributed by atoms with van der Waals surface area (Å²) in [7, 11) is 0. The second kappa shape index (κ2) is 3.26. The van der Waals surface area contributed by atoms with Crippen molar-refractivity contribution >= 4 is 11.4 Å². The number of benzene rings is 1. The summed E-state index contributed by atoms with van der Waals surface area (Å²) in [5, 5.41) is 1.87. The molecule has 70 valence electrons. The number of rotatable bonds is 1. The first kappa shape index (κ1) is 8.38. The van der Waals surface area contributed by atoms with Gasteiger partial charge >= 0.3 is 0 Å². The number of nitrogens with zero attached hydrogens (tertiary/aromatic N) is 1.